The molecule has 108 valence electrons. The zero-order valence-corrected chi connectivity index (χ0v) is 12.5. The van der Waals surface area contributed by atoms with Gasteiger partial charge in [-0.25, -0.2) is 0 Å². The smallest absolute Gasteiger partial charge is 0.191 e. The van der Waals surface area contributed by atoms with Gasteiger partial charge in [-0.2, -0.15) is 0 Å². The predicted molar refractivity (Wildman–Crippen MR) is 78.8 cm³/mol. The van der Waals surface area contributed by atoms with Crippen LogP contribution in [0.5, 0.6) is 0 Å². The average molecular weight is 301 g/mol. The second-order valence-electron chi connectivity index (χ2n) is 4.60. The Hall–Kier alpha value is -2.15. The summed E-state index contributed by atoms with van der Waals surface area (Å²) in [6.07, 6.45) is 4.41. The fourth-order valence-electron chi connectivity index (χ4n) is 1.91. The Labute approximate surface area is 126 Å². The summed E-state index contributed by atoms with van der Waals surface area (Å²) in [4.78, 5) is 4.32. The van der Waals surface area contributed by atoms with Crippen LogP contribution in [0.2, 0.25) is 0 Å². The van der Waals surface area contributed by atoms with E-state index in [2.05, 4.69) is 20.3 Å². The highest BCUT2D eigenvalue weighted by atomic mass is 32.2. The molecule has 0 bridgehead atoms. The van der Waals surface area contributed by atoms with Crippen molar-refractivity contribution in [3.8, 4) is 0 Å². The molecule has 0 spiro atoms. The number of hydrogen-bond acceptors (Lipinski definition) is 6. The number of aryl methyl sites for hydroxylation is 3. The highest BCUT2D eigenvalue weighted by Crippen LogP contribution is 2.21. The van der Waals surface area contributed by atoms with Crippen molar-refractivity contribution in [1.82, 2.24) is 24.9 Å². The molecule has 3 heterocycles. The molecule has 0 N–H and O–H groups in total. The Balaban J connectivity index is 1.58. The summed E-state index contributed by atoms with van der Waals surface area (Å²) >= 11 is 1.59. The van der Waals surface area contributed by atoms with Crippen molar-refractivity contribution in [2.75, 3.05) is 0 Å². The lowest BCUT2D eigenvalue weighted by molar-refractivity contribution is 0.391. The maximum absolute atomic E-state index is 5.19. The van der Waals surface area contributed by atoms with Crippen LogP contribution in [0.3, 0.4) is 0 Å². The number of nitrogens with zero attached hydrogens (tertiary/aromatic N) is 5. The van der Waals surface area contributed by atoms with Crippen molar-refractivity contribution in [1.29, 1.82) is 0 Å². The van der Waals surface area contributed by atoms with Crippen molar-refractivity contribution in [2.24, 2.45) is 0 Å². The van der Waals surface area contributed by atoms with Crippen molar-refractivity contribution in [3.05, 3.63) is 53.9 Å². The summed E-state index contributed by atoms with van der Waals surface area (Å²) in [6.45, 7) is 2.72. The lowest BCUT2D eigenvalue weighted by Gasteiger charge is -2.05. The Bertz CT molecular complexity index is 694. The van der Waals surface area contributed by atoms with E-state index in [0.29, 0.717) is 5.75 Å². The van der Waals surface area contributed by atoms with Gasteiger partial charge in [0.2, 0.25) is 0 Å². The van der Waals surface area contributed by atoms with E-state index in [0.717, 1.165) is 35.3 Å². The van der Waals surface area contributed by atoms with Crippen LogP contribution < -0.4 is 0 Å². The molecule has 7 heteroatoms. The maximum atomic E-state index is 5.19. The van der Waals surface area contributed by atoms with Crippen molar-refractivity contribution >= 4 is 11.8 Å². The van der Waals surface area contributed by atoms with Crippen LogP contribution in [0.1, 0.15) is 17.1 Å². The van der Waals surface area contributed by atoms with Gasteiger partial charge in [-0.3, -0.25) is 4.98 Å². The molecular formula is C14H15N5OS. The Morgan fingerprint density at radius 2 is 2.29 bits per heavy atom. The van der Waals surface area contributed by atoms with E-state index >= 15 is 0 Å². The van der Waals surface area contributed by atoms with E-state index in [9.17, 15) is 0 Å². The molecular weight excluding hydrogens is 286 g/mol. The van der Waals surface area contributed by atoms with Gasteiger partial charge in [-0.05, 0) is 19.1 Å². The lowest BCUT2D eigenvalue weighted by Crippen LogP contribution is -2.03. The molecule has 0 atom stereocenters. The molecule has 3 aromatic heterocycles. The molecule has 0 radical (unpaired) electrons. The van der Waals surface area contributed by atoms with Crippen LogP contribution in [-0.4, -0.2) is 24.9 Å². The summed E-state index contributed by atoms with van der Waals surface area (Å²) in [5.41, 5.74) is 1.95. The van der Waals surface area contributed by atoms with Crippen molar-refractivity contribution in [3.63, 3.8) is 0 Å². The molecule has 21 heavy (non-hydrogen) atoms. The summed E-state index contributed by atoms with van der Waals surface area (Å²) < 4.78 is 7.22. The topological polar surface area (TPSA) is 69.6 Å². The van der Waals surface area contributed by atoms with Crippen LogP contribution in [-0.2, 0) is 18.7 Å². The van der Waals surface area contributed by atoms with Crippen LogP contribution in [0, 0.1) is 6.92 Å². The third-order valence-corrected chi connectivity index (χ3v) is 3.94. The predicted octanol–water partition coefficient (Wildman–Crippen LogP) is 2.50. The second-order valence-corrected chi connectivity index (χ2v) is 5.54. The molecule has 0 unspecified atom stereocenters. The first kappa shape index (κ1) is 13.8. The van der Waals surface area contributed by atoms with E-state index in [-0.39, 0.29) is 0 Å². The highest BCUT2D eigenvalue weighted by Gasteiger charge is 2.08. The number of rotatable bonds is 6. The van der Waals surface area contributed by atoms with E-state index in [1.165, 1.54) is 0 Å². The molecule has 3 aromatic rings. The molecule has 0 aliphatic heterocycles. The van der Waals surface area contributed by atoms with Gasteiger partial charge in [0.1, 0.15) is 12.1 Å². The third kappa shape index (κ3) is 3.69. The van der Waals surface area contributed by atoms with Gasteiger partial charge in [-0.15, -0.1) is 10.2 Å². The number of aromatic nitrogens is 5. The fourth-order valence-corrected chi connectivity index (χ4v) is 2.73. The average Bonchev–Trinajstić information content (AvgIpc) is 3.12. The van der Waals surface area contributed by atoms with Gasteiger partial charge in [0.15, 0.2) is 5.16 Å². The van der Waals surface area contributed by atoms with E-state index in [4.69, 9.17) is 4.52 Å². The second kappa shape index (κ2) is 6.53. The first-order valence-corrected chi connectivity index (χ1v) is 7.62. The third-order valence-electron chi connectivity index (χ3n) is 2.94. The standard InChI is InChI=1S/C14H15N5OS/c1-11-8-13(20-18-11)9-21-14-17-16-10-19(14)7-5-12-4-2-3-6-15-12/h2-4,6,8,10H,5,7,9H2,1H3. The summed E-state index contributed by atoms with van der Waals surface area (Å²) in [5, 5.41) is 12.9. The fraction of sp³-hybridized carbons (Fsp3) is 0.286. The summed E-state index contributed by atoms with van der Waals surface area (Å²) in [7, 11) is 0. The Morgan fingerprint density at radius 1 is 1.33 bits per heavy atom. The monoisotopic (exact) mass is 301 g/mol. The quantitative estimate of drug-likeness (QED) is 0.652. The maximum Gasteiger partial charge on any atom is 0.191 e. The zero-order chi connectivity index (χ0) is 14.5. The van der Waals surface area contributed by atoms with Gasteiger partial charge in [0.05, 0.1) is 11.4 Å². The molecule has 0 amide bonds. The van der Waals surface area contributed by atoms with Crippen LogP contribution in [0.15, 0.2) is 46.5 Å². The van der Waals surface area contributed by atoms with Crippen LogP contribution in [0.25, 0.3) is 0 Å². The lowest BCUT2D eigenvalue weighted by atomic mass is 10.3. The first-order valence-electron chi connectivity index (χ1n) is 6.64. The summed E-state index contributed by atoms with van der Waals surface area (Å²) in [5.74, 6) is 1.54. The minimum atomic E-state index is 0.698. The highest BCUT2D eigenvalue weighted by molar-refractivity contribution is 7.98. The largest absolute Gasteiger partial charge is 0.360 e. The number of hydrogen-bond donors (Lipinski definition) is 0. The number of pyridine rings is 1. The van der Waals surface area contributed by atoms with Gasteiger partial charge in [0, 0.05) is 30.9 Å². The molecule has 0 saturated carbocycles. The molecule has 0 aliphatic rings. The SMILES string of the molecule is Cc1cc(CSc2nncn2CCc2ccccn2)on1. The molecule has 0 saturated heterocycles. The van der Waals surface area contributed by atoms with E-state index in [1.54, 1.807) is 18.1 Å². The summed E-state index contributed by atoms with van der Waals surface area (Å²) in [6, 6.07) is 7.87. The zero-order valence-electron chi connectivity index (χ0n) is 11.6. The Morgan fingerprint density at radius 3 is 3.05 bits per heavy atom. The van der Waals surface area contributed by atoms with Crippen molar-refractivity contribution < 1.29 is 4.52 Å². The minimum Gasteiger partial charge on any atom is -0.360 e. The molecule has 3 rings (SSSR count). The van der Waals surface area contributed by atoms with Gasteiger partial charge in [0.25, 0.3) is 0 Å². The molecule has 0 aliphatic carbocycles. The van der Waals surface area contributed by atoms with Crippen LogP contribution >= 0.6 is 11.8 Å². The molecule has 0 fully saturated rings. The van der Waals surface area contributed by atoms with Crippen molar-refractivity contribution in [2.45, 2.75) is 30.8 Å². The minimum absolute atomic E-state index is 0.698. The van der Waals surface area contributed by atoms with Gasteiger partial charge < -0.3 is 9.09 Å². The normalized spacial score (nSPS) is 10.9. The first-order chi connectivity index (χ1) is 10.3. The number of thioether (sulfide) groups is 1. The van der Waals surface area contributed by atoms with Crippen LogP contribution in [0.4, 0.5) is 0 Å². The Kier molecular flexibility index (Phi) is 4.30. The van der Waals surface area contributed by atoms with Gasteiger partial charge >= 0.3 is 0 Å². The van der Waals surface area contributed by atoms with Gasteiger partial charge in [-0.1, -0.05) is 23.0 Å². The van der Waals surface area contributed by atoms with E-state index < -0.39 is 0 Å². The molecule has 6 nitrogen and oxygen atoms in total. The van der Waals surface area contributed by atoms with E-state index in [1.807, 2.05) is 42.0 Å². The molecule has 0 aromatic carbocycles.